The standard InChI is InChI=1S/C14H29N/c1-6-15-13(11(2)3)12-7-9-14(4,5)10-8-12/h11-13,15H,6-10H2,1-5H3. The molecule has 0 radical (unpaired) electrons. The lowest BCUT2D eigenvalue weighted by atomic mass is 9.69. The maximum Gasteiger partial charge on any atom is 0.0118 e. The van der Waals surface area contributed by atoms with Gasteiger partial charge in [-0.05, 0) is 49.5 Å². The van der Waals surface area contributed by atoms with Gasteiger partial charge in [-0.1, -0.05) is 34.6 Å². The first-order valence-electron chi connectivity index (χ1n) is 6.69. The van der Waals surface area contributed by atoms with Gasteiger partial charge in [-0.15, -0.1) is 0 Å². The summed E-state index contributed by atoms with van der Waals surface area (Å²) in [6.45, 7) is 12.9. The third-order valence-electron chi connectivity index (χ3n) is 4.05. The normalized spacial score (nSPS) is 24.4. The van der Waals surface area contributed by atoms with Gasteiger partial charge in [0, 0.05) is 6.04 Å². The van der Waals surface area contributed by atoms with E-state index in [1.807, 2.05) is 0 Å². The van der Waals surface area contributed by atoms with E-state index in [1.54, 1.807) is 0 Å². The van der Waals surface area contributed by atoms with Gasteiger partial charge in [-0.3, -0.25) is 0 Å². The summed E-state index contributed by atoms with van der Waals surface area (Å²) in [6.07, 6.45) is 5.66. The molecule has 0 bridgehead atoms. The molecule has 1 aliphatic rings. The van der Waals surface area contributed by atoms with Crippen LogP contribution in [0.2, 0.25) is 0 Å². The average Bonchev–Trinajstić information content (AvgIpc) is 2.14. The predicted octanol–water partition coefficient (Wildman–Crippen LogP) is 3.84. The van der Waals surface area contributed by atoms with Gasteiger partial charge in [0.25, 0.3) is 0 Å². The molecule has 90 valence electrons. The van der Waals surface area contributed by atoms with Gasteiger partial charge in [-0.25, -0.2) is 0 Å². The zero-order chi connectivity index (χ0) is 11.5. The van der Waals surface area contributed by atoms with Crippen molar-refractivity contribution in [2.45, 2.75) is 66.3 Å². The van der Waals surface area contributed by atoms with Crippen LogP contribution in [0.5, 0.6) is 0 Å². The first kappa shape index (κ1) is 13.0. The van der Waals surface area contributed by atoms with Crippen LogP contribution in [-0.4, -0.2) is 12.6 Å². The first-order chi connectivity index (χ1) is 6.96. The average molecular weight is 211 g/mol. The zero-order valence-electron chi connectivity index (χ0n) is 11.3. The monoisotopic (exact) mass is 211 g/mol. The topological polar surface area (TPSA) is 12.0 Å². The Morgan fingerprint density at radius 2 is 1.73 bits per heavy atom. The van der Waals surface area contributed by atoms with Crippen molar-refractivity contribution in [2.24, 2.45) is 17.3 Å². The fourth-order valence-electron chi connectivity index (χ4n) is 2.96. The first-order valence-corrected chi connectivity index (χ1v) is 6.69. The Morgan fingerprint density at radius 1 is 1.20 bits per heavy atom. The molecule has 1 atom stereocenters. The Bertz CT molecular complexity index is 174. The van der Waals surface area contributed by atoms with E-state index < -0.39 is 0 Å². The van der Waals surface area contributed by atoms with Crippen molar-refractivity contribution in [1.29, 1.82) is 0 Å². The van der Waals surface area contributed by atoms with Gasteiger partial charge in [0.1, 0.15) is 0 Å². The van der Waals surface area contributed by atoms with E-state index in [0.29, 0.717) is 5.41 Å². The van der Waals surface area contributed by atoms with E-state index in [4.69, 9.17) is 0 Å². The highest BCUT2D eigenvalue weighted by molar-refractivity contribution is 4.86. The summed E-state index contributed by atoms with van der Waals surface area (Å²) in [7, 11) is 0. The highest BCUT2D eigenvalue weighted by atomic mass is 14.9. The smallest absolute Gasteiger partial charge is 0.0118 e. The van der Waals surface area contributed by atoms with Gasteiger partial charge in [0.2, 0.25) is 0 Å². The molecule has 0 amide bonds. The Morgan fingerprint density at radius 3 is 2.13 bits per heavy atom. The minimum atomic E-state index is 0.601. The summed E-state index contributed by atoms with van der Waals surface area (Å²) in [5, 5.41) is 3.68. The molecule has 0 heterocycles. The van der Waals surface area contributed by atoms with Gasteiger partial charge in [0.05, 0.1) is 0 Å². The molecule has 1 heteroatoms. The van der Waals surface area contributed by atoms with E-state index in [2.05, 4.69) is 39.9 Å². The summed E-state index contributed by atoms with van der Waals surface area (Å²) in [5.41, 5.74) is 0.601. The fraction of sp³-hybridized carbons (Fsp3) is 1.00. The summed E-state index contributed by atoms with van der Waals surface area (Å²) in [6, 6.07) is 0.742. The number of hydrogen-bond donors (Lipinski definition) is 1. The second kappa shape index (κ2) is 5.34. The van der Waals surface area contributed by atoms with Gasteiger partial charge in [0.15, 0.2) is 0 Å². The Hall–Kier alpha value is -0.0400. The lowest BCUT2D eigenvalue weighted by molar-refractivity contribution is 0.144. The highest BCUT2D eigenvalue weighted by Gasteiger charge is 2.31. The van der Waals surface area contributed by atoms with Crippen LogP contribution in [0, 0.1) is 17.3 Å². The molecule has 0 aromatic heterocycles. The lowest BCUT2D eigenvalue weighted by Crippen LogP contribution is -2.42. The molecule has 0 aromatic rings. The highest BCUT2D eigenvalue weighted by Crippen LogP contribution is 2.40. The third-order valence-corrected chi connectivity index (χ3v) is 4.05. The SMILES string of the molecule is CCNC(C(C)C)C1CCC(C)(C)CC1. The maximum atomic E-state index is 3.68. The van der Waals surface area contributed by atoms with E-state index in [0.717, 1.165) is 24.4 Å². The molecule has 1 fully saturated rings. The molecule has 1 aliphatic carbocycles. The van der Waals surface area contributed by atoms with Crippen LogP contribution in [0.4, 0.5) is 0 Å². The molecule has 1 saturated carbocycles. The molecule has 15 heavy (non-hydrogen) atoms. The van der Waals surface area contributed by atoms with E-state index in [1.165, 1.54) is 25.7 Å². The third kappa shape index (κ3) is 3.79. The lowest BCUT2D eigenvalue weighted by Gasteiger charge is -2.39. The van der Waals surface area contributed by atoms with Gasteiger partial charge in [-0.2, -0.15) is 0 Å². The van der Waals surface area contributed by atoms with Crippen LogP contribution in [0.25, 0.3) is 0 Å². The fourth-order valence-corrected chi connectivity index (χ4v) is 2.96. The molecule has 1 nitrogen and oxygen atoms in total. The molecule has 0 aromatic carbocycles. The molecule has 0 aliphatic heterocycles. The maximum absolute atomic E-state index is 3.68. The molecule has 1 N–H and O–H groups in total. The predicted molar refractivity (Wildman–Crippen MR) is 68.0 cm³/mol. The van der Waals surface area contributed by atoms with Crippen LogP contribution in [0.15, 0.2) is 0 Å². The largest absolute Gasteiger partial charge is 0.314 e. The van der Waals surface area contributed by atoms with Crippen molar-refractivity contribution in [1.82, 2.24) is 5.32 Å². The Labute approximate surface area is 96.0 Å². The molecular weight excluding hydrogens is 182 g/mol. The van der Waals surface area contributed by atoms with Crippen molar-refractivity contribution in [2.75, 3.05) is 6.54 Å². The molecule has 0 spiro atoms. The van der Waals surface area contributed by atoms with Crippen LogP contribution in [0.3, 0.4) is 0 Å². The zero-order valence-corrected chi connectivity index (χ0v) is 11.3. The second-order valence-corrected chi connectivity index (χ2v) is 6.33. The van der Waals surface area contributed by atoms with E-state index >= 15 is 0 Å². The Kier molecular flexibility index (Phi) is 4.64. The second-order valence-electron chi connectivity index (χ2n) is 6.33. The van der Waals surface area contributed by atoms with Crippen molar-refractivity contribution >= 4 is 0 Å². The minimum absolute atomic E-state index is 0.601. The van der Waals surface area contributed by atoms with Crippen molar-refractivity contribution in [3.63, 3.8) is 0 Å². The van der Waals surface area contributed by atoms with E-state index in [-0.39, 0.29) is 0 Å². The number of nitrogens with one attached hydrogen (secondary N) is 1. The van der Waals surface area contributed by atoms with Gasteiger partial charge < -0.3 is 5.32 Å². The Balaban J connectivity index is 2.49. The van der Waals surface area contributed by atoms with Gasteiger partial charge >= 0.3 is 0 Å². The molecule has 0 saturated heterocycles. The molecule has 1 unspecified atom stereocenters. The van der Waals surface area contributed by atoms with Crippen molar-refractivity contribution in [3.05, 3.63) is 0 Å². The van der Waals surface area contributed by atoms with Crippen LogP contribution < -0.4 is 5.32 Å². The minimum Gasteiger partial charge on any atom is -0.314 e. The van der Waals surface area contributed by atoms with Crippen molar-refractivity contribution in [3.8, 4) is 0 Å². The number of rotatable bonds is 4. The molecule has 1 rings (SSSR count). The quantitative estimate of drug-likeness (QED) is 0.745. The van der Waals surface area contributed by atoms with Crippen LogP contribution >= 0.6 is 0 Å². The van der Waals surface area contributed by atoms with Crippen molar-refractivity contribution < 1.29 is 0 Å². The van der Waals surface area contributed by atoms with Crippen LogP contribution in [-0.2, 0) is 0 Å². The summed E-state index contributed by atoms with van der Waals surface area (Å²) >= 11 is 0. The summed E-state index contributed by atoms with van der Waals surface area (Å²) in [4.78, 5) is 0. The summed E-state index contributed by atoms with van der Waals surface area (Å²) in [5.74, 6) is 1.69. The number of hydrogen-bond acceptors (Lipinski definition) is 1. The van der Waals surface area contributed by atoms with E-state index in [9.17, 15) is 0 Å². The van der Waals surface area contributed by atoms with Crippen LogP contribution in [0.1, 0.15) is 60.3 Å². The molecular formula is C14H29N. The summed E-state index contributed by atoms with van der Waals surface area (Å²) < 4.78 is 0.